The number of benzene rings is 1. The molecule has 0 unspecified atom stereocenters. The number of aryl methyl sites for hydroxylation is 1. The van der Waals surface area contributed by atoms with Crippen LogP contribution in [0, 0.1) is 6.92 Å². The lowest BCUT2D eigenvalue weighted by Gasteiger charge is -2.32. The highest BCUT2D eigenvalue weighted by atomic mass is 16.2. The van der Waals surface area contributed by atoms with Gasteiger partial charge in [-0.1, -0.05) is 18.2 Å². The van der Waals surface area contributed by atoms with E-state index in [-0.39, 0.29) is 6.03 Å². The molecule has 9 nitrogen and oxygen atoms in total. The van der Waals surface area contributed by atoms with Gasteiger partial charge >= 0.3 is 6.03 Å². The van der Waals surface area contributed by atoms with Crippen LogP contribution >= 0.6 is 0 Å². The second-order valence-electron chi connectivity index (χ2n) is 7.39. The lowest BCUT2D eigenvalue weighted by Crippen LogP contribution is -2.45. The molecule has 2 N–H and O–H groups in total. The normalized spacial score (nSPS) is 14.5. The Balaban J connectivity index is 1.34. The molecule has 2 amide bonds. The molecule has 0 bridgehead atoms. The maximum absolute atomic E-state index is 12.4. The molecule has 2 aromatic heterocycles. The minimum absolute atomic E-state index is 0.313. The minimum Gasteiger partial charge on any atom is -0.338 e. The van der Waals surface area contributed by atoms with E-state index in [1.807, 2.05) is 49.5 Å². The van der Waals surface area contributed by atoms with E-state index in [9.17, 15) is 4.79 Å². The fourth-order valence-electron chi connectivity index (χ4n) is 3.26. The molecule has 156 valence electrons. The Hall–Kier alpha value is -3.46. The molecule has 3 aromatic rings. The van der Waals surface area contributed by atoms with Crippen LogP contribution in [-0.2, 0) is 6.54 Å². The summed E-state index contributed by atoms with van der Waals surface area (Å²) in [5, 5.41) is 10.1. The Morgan fingerprint density at radius 2 is 1.87 bits per heavy atom. The number of carbonyl (C=O) groups is 1. The van der Waals surface area contributed by atoms with Gasteiger partial charge in [0.15, 0.2) is 5.82 Å². The van der Waals surface area contributed by atoms with Crippen LogP contribution in [0.1, 0.15) is 11.3 Å². The molecule has 0 radical (unpaired) electrons. The van der Waals surface area contributed by atoms with Crippen LogP contribution in [0.2, 0.25) is 0 Å². The summed E-state index contributed by atoms with van der Waals surface area (Å²) < 4.78 is 1.75. The third-order valence-corrected chi connectivity index (χ3v) is 5.07. The van der Waals surface area contributed by atoms with Crippen LogP contribution in [-0.4, -0.2) is 63.9 Å². The summed E-state index contributed by atoms with van der Waals surface area (Å²) in [6.45, 7) is 6.00. The topological polar surface area (TPSA) is 91.2 Å². The first kappa shape index (κ1) is 19.8. The number of anilines is 2. The van der Waals surface area contributed by atoms with E-state index in [4.69, 9.17) is 0 Å². The number of amides is 2. The van der Waals surface area contributed by atoms with Gasteiger partial charge in [0.05, 0.1) is 17.9 Å². The SMILES string of the molecule is Cc1cn(-c2ccccc2)nc1NC(=O)NCc1ccnc(N2CCN(C)CC2)n1. The lowest BCUT2D eigenvalue weighted by atomic mass is 10.3. The Labute approximate surface area is 175 Å². The van der Waals surface area contributed by atoms with Crippen LogP contribution < -0.4 is 15.5 Å². The van der Waals surface area contributed by atoms with Gasteiger partial charge in [0.2, 0.25) is 5.95 Å². The number of likely N-dealkylation sites (N-methyl/N-ethyl adjacent to an activating group) is 1. The molecule has 30 heavy (non-hydrogen) atoms. The zero-order valence-electron chi connectivity index (χ0n) is 17.2. The summed E-state index contributed by atoms with van der Waals surface area (Å²) in [7, 11) is 2.11. The number of nitrogens with one attached hydrogen (secondary N) is 2. The van der Waals surface area contributed by atoms with Gasteiger partial charge in [-0.25, -0.2) is 19.4 Å². The van der Waals surface area contributed by atoms with Gasteiger partial charge in [0.1, 0.15) is 0 Å². The lowest BCUT2D eigenvalue weighted by molar-refractivity contribution is 0.251. The first-order valence-electron chi connectivity index (χ1n) is 10.0. The minimum atomic E-state index is -0.323. The van der Waals surface area contributed by atoms with Crippen molar-refractivity contribution in [2.45, 2.75) is 13.5 Å². The van der Waals surface area contributed by atoms with E-state index in [1.165, 1.54) is 0 Å². The van der Waals surface area contributed by atoms with Gasteiger partial charge in [0, 0.05) is 44.1 Å². The van der Waals surface area contributed by atoms with Crippen molar-refractivity contribution in [2.75, 3.05) is 43.4 Å². The molecule has 0 spiro atoms. The number of rotatable bonds is 5. The molecular weight excluding hydrogens is 380 g/mol. The van der Waals surface area contributed by atoms with Crippen molar-refractivity contribution in [3.63, 3.8) is 0 Å². The number of hydrogen-bond acceptors (Lipinski definition) is 6. The molecule has 4 rings (SSSR count). The Morgan fingerprint density at radius 3 is 2.63 bits per heavy atom. The summed E-state index contributed by atoms with van der Waals surface area (Å²) in [6.07, 6.45) is 3.62. The van der Waals surface area contributed by atoms with E-state index in [2.05, 4.69) is 42.5 Å². The smallest absolute Gasteiger partial charge is 0.320 e. The molecule has 0 aliphatic carbocycles. The van der Waals surface area contributed by atoms with Crippen molar-refractivity contribution in [2.24, 2.45) is 0 Å². The number of hydrogen-bond donors (Lipinski definition) is 2. The Morgan fingerprint density at radius 1 is 1.10 bits per heavy atom. The predicted octanol–water partition coefficient (Wildman–Crippen LogP) is 2.04. The van der Waals surface area contributed by atoms with Crippen LogP contribution in [0.25, 0.3) is 5.69 Å². The van der Waals surface area contributed by atoms with Crippen molar-refractivity contribution in [1.82, 2.24) is 30.0 Å². The largest absolute Gasteiger partial charge is 0.338 e. The van der Waals surface area contributed by atoms with E-state index in [0.29, 0.717) is 18.3 Å². The molecule has 1 aliphatic rings. The molecule has 1 aromatic carbocycles. The monoisotopic (exact) mass is 406 g/mol. The first-order chi connectivity index (χ1) is 14.6. The Kier molecular flexibility index (Phi) is 5.89. The third-order valence-electron chi connectivity index (χ3n) is 5.07. The van der Waals surface area contributed by atoms with E-state index in [1.54, 1.807) is 10.9 Å². The van der Waals surface area contributed by atoms with Crippen LogP contribution in [0.3, 0.4) is 0 Å². The molecule has 3 heterocycles. The number of urea groups is 1. The highest BCUT2D eigenvalue weighted by molar-refractivity contribution is 5.88. The molecule has 9 heteroatoms. The van der Waals surface area contributed by atoms with Gasteiger partial charge in [-0.05, 0) is 32.2 Å². The number of nitrogens with zero attached hydrogens (tertiary/aromatic N) is 6. The average Bonchev–Trinajstić information content (AvgIpc) is 3.14. The summed E-state index contributed by atoms with van der Waals surface area (Å²) >= 11 is 0. The second-order valence-corrected chi connectivity index (χ2v) is 7.39. The summed E-state index contributed by atoms with van der Waals surface area (Å²) in [6, 6.07) is 11.3. The molecule has 1 saturated heterocycles. The van der Waals surface area contributed by atoms with E-state index in [0.717, 1.165) is 43.1 Å². The van der Waals surface area contributed by atoms with Crippen LogP contribution in [0.15, 0.2) is 48.8 Å². The maximum atomic E-state index is 12.4. The summed E-state index contributed by atoms with van der Waals surface area (Å²) in [5.41, 5.74) is 2.58. The molecular formula is C21H26N8O. The molecule has 1 fully saturated rings. The fraction of sp³-hybridized carbons (Fsp3) is 0.333. The zero-order valence-corrected chi connectivity index (χ0v) is 17.2. The highest BCUT2D eigenvalue weighted by Gasteiger charge is 2.17. The number of piperazine rings is 1. The van der Waals surface area contributed by atoms with Gasteiger partial charge < -0.3 is 15.1 Å². The zero-order chi connectivity index (χ0) is 20.9. The standard InChI is InChI=1S/C21H26N8O/c1-16-15-29(18-6-4-3-5-7-18)26-19(16)25-21(30)23-14-17-8-9-22-20(24-17)28-12-10-27(2)11-13-28/h3-9,15H,10-14H2,1-2H3,(H2,23,25,26,30). The van der Waals surface area contributed by atoms with E-state index < -0.39 is 0 Å². The van der Waals surface area contributed by atoms with Crippen molar-refractivity contribution < 1.29 is 4.79 Å². The van der Waals surface area contributed by atoms with Crippen LogP contribution in [0.5, 0.6) is 0 Å². The highest BCUT2D eigenvalue weighted by Crippen LogP contribution is 2.15. The number of para-hydroxylation sites is 1. The Bertz CT molecular complexity index is 995. The summed E-state index contributed by atoms with van der Waals surface area (Å²) in [5.74, 6) is 1.23. The second kappa shape index (κ2) is 8.91. The van der Waals surface area contributed by atoms with Crippen molar-refractivity contribution in [1.29, 1.82) is 0 Å². The third kappa shape index (κ3) is 4.74. The molecule has 1 aliphatic heterocycles. The summed E-state index contributed by atoms with van der Waals surface area (Å²) in [4.78, 5) is 25.8. The first-order valence-corrected chi connectivity index (χ1v) is 10.0. The number of aromatic nitrogens is 4. The van der Waals surface area contributed by atoms with Gasteiger partial charge in [-0.2, -0.15) is 0 Å². The predicted molar refractivity (Wildman–Crippen MR) is 116 cm³/mol. The van der Waals surface area contributed by atoms with Gasteiger partial charge in [0.25, 0.3) is 0 Å². The maximum Gasteiger partial charge on any atom is 0.320 e. The van der Waals surface area contributed by atoms with Crippen molar-refractivity contribution >= 4 is 17.8 Å². The fourth-order valence-corrected chi connectivity index (χ4v) is 3.26. The van der Waals surface area contributed by atoms with Crippen LogP contribution in [0.4, 0.5) is 16.6 Å². The van der Waals surface area contributed by atoms with Gasteiger partial charge in [-0.3, -0.25) is 5.32 Å². The number of carbonyl (C=O) groups excluding carboxylic acids is 1. The quantitative estimate of drug-likeness (QED) is 0.674. The van der Waals surface area contributed by atoms with Crippen molar-refractivity contribution in [3.8, 4) is 5.69 Å². The van der Waals surface area contributed by atoms with E-state index >= 15 is 0 Å². The molecule has 0 atom stereocenters. The molecule has 0 saturated carbocycles. The van der Waals surface area contributed by atoms with Crippen molar-refractivity contribution in [3.05, 3.63) is 60.0 Å². The van der Waals surface area contributed by atoms with Gasteiger partial charge in [-0.15, -0.1) is 5.10 Å². The average molecular weight is 406 g/mol.